The maximum atomic E-state index is 11.7. The number of nitrogens with one attached hydrogen (secondary N) is 2. The lowest BCUT2D eigenvalue weighted by Gasteiger charge is -2.09. The zero-order valence-corrected chi connectivity index (χ0v) is 16.2. The molecule has 6 nitrogen and oxygen atoms in total. The van der Waals surface area contributed by atoms with Gasteiger partial charge in [0.05, 0.1) is 6.21 Å². The molecule has 1 heterocycles. The largest absolute Gasteiger partial charge is 0.488 e. The average molecular weight is 397 g/mol. The molecule has 0 spiro atoms. The average Bonchev–Trinajstić information content (AvgIpc) is 2.68. The Kier molecular flexibility index (Phi) is 6.81. The van der Waals surface area contributed by atoms with Crippen LogP contribution in [0.2, 0.25) is 5.02 Å². The summed E-state index contributed by atoms with van der Waals surface area (Å²) in [4.78, 5) is 18.7. The number of benzene rings is 2. The Morgan fingerprint density at radius 1 is 1.21 bits per heavy atom. The molecule has 0 aliphatic carbocycles. The number of hydrazone groups is 1. The number of aryl methyl sites for hydroxylation is 1. The molecule has 3 aromatic rings. The third-order valence-corrected chi connectivity index (χ3v) is 4.15. The fourth-order valence-corrected chi connectivity index (χ4v) is 2.69. The van der Waals surface area contributed by atoms with Gasteiger partial charge in [0.2, 0.25) is 5.95 Å². The first kappa shape index (κ1) is 19.6. The number of aromatic amines is 1. The molecule has 144 valence electrons. The molecular formula is C21H21ClN4O2. The van der Waals surface area contributed by atoms with Gasteiger partial charge < -0.3 is 4.74 Å². The van der Waals surface area contributed by atoms with E-state index in [0.717, 1.165) is 29.7 Å². The van der Waals surface area contributed by atoms with Crippen LogP contribution in [0, 0.1) is 0 Å². The monoisotopic (exact) mass is 396 g/mol. The number of hydrogen-bond donors (Lipinski definition) is 2. The van der Waals surface area contributed by atoms with Crippen molar-refractivity contribution in [2.75, 3.05) is 5.43 Å². The summed E-state index contributed by atoms with van der Waals surface area (Å²) in [5, 5.41) is 4.87. The minimum absolute atomic E-state index is 0.206. The second kappa shape index (κ2) is 9.71. The van der Waals surface area contributed by atoms with Crippen LogP contribution >= 0.6 is 11.6 Å². The SMILES string of the molecule is CCCc1cc(=O)[nH]c(N/N=C/c2ccccc2OCc2ccc(Cl)cc2)n1. The quantitative estimate of drug-likeness (QED) is 0.437. The van der Waals surface area contributed by atoms with Crippen molar-refractivity contribution in [2.45, 2.75) is 26.4 Å². The number of nitrogens with zero attached hydrogens (tertiary/aromatic N) is 2. The van der Waals surface area contributed by atoms with E-state index < -0.39 is 0 Å². The van der Waals surface area contributed by atoms with Crippen LogP contribution in [0.15, 0.2) is 64.5 Å². The van der Waals surface area contributed by atoms with Crippen molar-refractivity contribution in [1.82, 2.24) is 9.97 Å². The van der Waals surface area contributed by atoms with Crippen molar-refractivity contribution in [1.29, 1.82) is 0 Å². The van der Waals surface area contributed by atoms with E-state index in [1.165, 1.54) is 6.07 Å². The second-order valence-electron chi connectivity index (χ2n) is 6.16. The van der Waals surface area contributed by atoms with Crippen LogP contribution in [0.5, 0.6) is 5.75 Å². The molecule has 2 N–H and O–H groups in total. The highest BCUT2D eigenvalue weighted by atomic mass is 35.5. The van der Waals surface area contributed by atoms with Crippen LogP contribution in [-0.2, 0) is 13.0 Å². The Labute approximate surface area is 168 Å². The molecule has 0 saturated carbocycles. The Balaban J connectivity index is 1.67. The first-order valence-corrected chi connectivity index (χ1v) is 9.37. The zero-order chi connectivity index (χ0) is 19.8. The summed E-state index contributed by atoms with van der Waals surface area (Å²) >= 11 is 5.91. The summed E-state index contributed by atoms with van der Waals surface area (Å²) in [5.74, 6) is 1.01. The number of rotatable bonds is 8. The second-order valence-corrected chi connectivity index (χ2v) is 6.59. The van der Waals surface area contributed by atoms with Crippen LogP contribution in [-0.4, -0.2) is 16.2 Å². The van der Waals surface area contributed by atoms with E-state index >= 15 is 0 Å². The number of para-hydroxylation sites is 1. The summed E-state index contributed by atoms with van der Waals surface area (Å²) in [6.07, 6.45) is 3.28. The van der Waals surface area contributed by atoms with Gasteiger partial charge in [-0.3, -0.25) is 9.78 Å². The van der Waals surface area contributed by atoms with Crippen molar-refractivity contribution in [3.63, 3.8) is 0 Å². The smallest absolute Gasteiger partial charge is 0.252 e. The van der Waals surface area contributed by atoms with Crippen LogP contribution in [0.3, 0.4) is 0 Å². The lowest BCUT2D eigenvalue weighted by atomic mass is 10.2. The molecule has 0 bridgehead atoms. The highest BCUT2D eigenvalue weighted by Gasteiger charge is 2.03. The number of aromatic nitrogens is 2. The first-order valence-electron chi connectivity index (χ1n) is 8.99. The van der Waals surface area contributed by atoms with Crippen LogP contribution < -0.4 is 15.7 Å². The lowest BCUT2D eigenvalue weighted by molar-refractivity contribution is 0.306. The van der Waals surface area contributed by atoms with E-state index in [1.54, 1.807) is 6.21 Å². The van der Waals surface area contributed by atoms with Gasteiger partial charge in [0, 0.05) is 22.3 Å². The molecule has 0 aliphatic heterocycles. The van der Waals surface area contributed by atoms with Gasteiger partial charge in [-0.05, 0) is 36.2 Å². The molecular weight excluding hydrogens is 376 g/mol. The van der Waals surface area contributed by atoms with E-state index in [-0.39, 0.29) is 5.56 Å². The molecule has 0 atom stereocenters. The van der Waals surface area contributed by atoms with Gasteiger partial charge in [0.15, 0.2) is 0 Å². The topological polar surface area (TPSA) is 79.4 Å². The molecule has 0 radical (unpaired) electrons. The maximum Gasteiger partial charge on any atom is 0.252 e. The molecule has 0 aliphatic rings. The van der Waals surface area contributed by atoms with Crippen molar-refractivity contribution < 1.29 is 4.74 Å². The van der Waals surface area contributed by atoms with Gasteiger partial charge in [-0.1, -0.05) is 49.2 Å². The molecule has 2 aromatic carbocycles. The molecule has 0 fully saturated rings. The van der Waals surface area contributed by atoms with Crippen molar-refractivity contribution in [2.24, 2.45) is 5.10 Å². The van der Waals surface area contributed by atoms with E-state index in [0.29, 0.717) is 23.3 Å². The van der Waals surface area contributed by atoms with E-state index in [9.17, 15) is 4.79 Å². The van der Waals surface area contributed by atoms with Crippen molar-refractivity contribution in [3.8, 4) is 5.75 Å². The van der Waals surface area contributed by atoms with Crippen molar-refractivity contribution >= 4 is 23.8 Å². The normalized spacial score (nSPS) is 10.9. The van der Waals surface area contributed by atoms with Gasteiger partial charge in [0.25, 0.3) is 5.56 Å². The molecule has 0 amide bonds. The van der Waals surface area contributed by atoms with Gasteiger partial charge in [0.1, 0.15) is 12.4 Å². The number of halogens is 1. The minimum Gasteiger partial charge on any atom is -0.488 e. The van der Waals surface area contributed by atoms with E-state index in [1.807, 2.05) is 55.5 Å². The van der Waals surface area contributed by atoms with Gasteiger partial charge in [-0.15, -0.1) is 0 Å². The maximum absolute atomic E-state index is 11.7. The summed E-state index contributed by atoms with van der Waals surface area (Å²) in [6.45, 7) is 2.46. The molecule has 7 heteroatoms. The fraction of sp³-hybridized carbons (Fsp3) is 0.190. The molecule has 0 saturated heterocycles. The highest BCUT2D eigenvalue weighted by Crippen LogP contribution is 2.18. The first-order chi connectivity index (χ1) is 13.6. The van der Waals surface area contributed by atoms with E-state index in [2.05, 4.69) is 20.5 Å². The molecule has 3 rings (SSSR count). The Hall–Kier alpha value is -3.12. The lowest BCUT2D eigenvalue weighted by Crippen LogP contribution is -2.12. The number of ether oxygens (including phenoxy) is 1. The Bertz CT molecular complexity index is 1000. The number of H-pyrrole nitrogens is 1. The molecule has 1 aromatic heterocycles. The number of anilines is 1. The molecule has 0 unspecified atom stereocenters. The van der Waals surface area contributed by atoms with E-state index in [4.69, 9.17) is 16.3 Å². The zero-order valence-electron chi connectivity index (χ0n) is 15.5. The molecule has 28 heavy (non-hydrogen) atoms. The summed E-state index contributed by atoms with van der Waals surface area (Å²) in [7, 11) is 0. The van der Waals surface area contributed by atoms with Crippen molar-refractivity contribution in [3.05, 3.63) is 86.8 Å². The highest BCUT2D eigenvalue weighted by molar-refractivity contribution is 6.30. The summed E-state index contributed by atoms with van der Waals surface area (Å²) in [6, 6.07) is 16.6. The van der Waals surface area contributed by atoms with Crippen LogP contribution in [0.1, 0.15) is 30.2 Å². The summed E-state index contributed by atoms with van der Waals surface area (Å²) < 4.78 is 5.90. The van der Waals surface area contributed by atoms with Gasteiger partial charge >= 0.3 is 0 Å². The van der Waals surface area contributed by atoms with Gasteiger partial charge in [-0.2, -0.15) is 5.10 Å². The van der Waals surface area contributed by atoms with Crippen LogP contribution in [0.25, 0.3) is 0 Å². The third-order valence-electron chi connectivity index (χ3n) is 3.90. The summed E-state index contributed by atoms with van der Waals surface area (Å²) in [5.41, 5.74) is 5.12. The van der Waals surface area contributed by atoms with Gasteiger partial charge in [-0.25, -0.2) is 10.4 Å². The Morgan fingerprint density at radius 2 is 2.00 bits per heavy atom. The fourth-order valence-electron chi connectivity index (χ4n) is 2.57. The predicted octanol–water partition coefficient (Wildman–Crippen LogP) is 4.40. The number of hydrogen-bond acceptors (Lipinski definition) is 5. The Morgan fingerprint density at radius 3 is 2.79 bits per heavy atom. The minimum atomic E-state index is -0.206. The third kappa shape index (κ3) is 5.69. The predicted molar refractivity (Wildman–Crippen MR) is 112 cm³/mol. The van der Waals surface area contributed by atoms with Crippen LogP contribution in [0.4, 0.5) is 5.95 Å². The standard InChI is InChI=1S/C21H21ClN4O2/c1-2-5-18-12-20(27)25-21(24-18)26-23-13-16-6-3-4-7-19(16)28-14-15-8-10-17(22)11-9-15/h3-4,6-13H,2,5,14H2,1H3,(H2,24,25,26,27)/b23-13+.